The fourth-order valence-corrected chi connectivity index (χ4v) is 15.0. The number of hydrogen-bond acceptors (Lipinski definition) is 22. The first-order valence-corrected chi connectivity index (χ1v) is 50.5. The van der Waals surface area contributed by atoms with Gasteiger partial charge in [-0.2, -0.15) is 0 Å². The van der Waals surface area contributed by atoms with Gasteiger partial charge in [0, 0.05) is 261 Å². The number of ether oxygens (including phenoxy) is 5. The molecule has 5 rings (SSSR count). The Kier molecular flexibility index (Phi) is 74.4. The van der Waals surface area contributed by atoms with E-state index in [2.05, 4.69) is 202 Å². The van der Waals surface area contributed by atoms with Crippen LogP contribution in [0, 0.1) is 65.1 Å². The molecule has 0 saturated carbocycles. The highest BCUT2D eigenvalue weighted by atomic mass is 16.5. The fourth-order valence-electron chi connectivity index (χ4n) is 15.0. The standard InChI is InChI=1S/C24H47N3O3.C23H45N3O4.C17H32N2O3.C15H28N2O2.C12H26N2O.C10H20O/c1-21(2)11-18-30-17-8-10-23(28)9-6-5-7-12-25-24(29)20-27-15-13-26(14-16-27)19-22(3)4;1-20(2)7-15-29-14-5-6-22(27)8-16-30-17-9-24-23(28)19-26-12-10-25(11-13-26)18-21(3)4;1-14(2)12-18-6-8-19(9-7-18)17(21)11-16(20)5-10-22-13-15(3)4;1-12(2)9-14(18)10-15(19)17-7-5-16(6-8-17)11-13(3)4;1-11(2)9-13-5-7-14(8-6-13)10-15-12(3)4;1-8(2)5-6-10(11)7-9(3)4/h21-22H,5-20H2,1-4H3,(H,25,29);20-21H,5-19H2,1-4H3,(H,24,28);14-15H,5-13H2,1-4H3;12-13H,5-11H2,1-4H3;11-12H,5-10H2,1-4H3;8-9H,5-7H2,1-4H3. The number of carbonyl (C=O) groups excluding carboxylic acids is 9. The summed E-state index contributed by atoms with van der Waals surface area (Å²) in [5.74, 6) is 7.96. The summed E-state index contributed by atoms with van der Waals surface area (Å²) in [6, 6.07) is 0. The van der Waals surface area contributed by atoms with Crippen molar-refractivity contribution in [2.45, 2.75) is 288 Å². The third-order valence-electron chi connectivity index (χ3n) is 21.9. The summed E-state index contributed by atoms with van der Waals surface area (Å²) in [7, 11) is 0. The van der Waals surface area contributed by atoms with Gasteiger partial charge in [0.05, 0.1) is 58.6 Å². The lowest BCUT2D eigenvalue weighted by Crippen LogP contribution is -2.50. The Hall–Kier alpha value is -4.29. The third-order valence-corrected chi connectivity index (χ3v) is 21.9. The molecule has 4 amide bonds. The molecule has 26 heteroatoms. The van der Waals surface area contributed by atoms with E-state index in [1.807, 2.05) is 23.6 Å². The molecule has 746 valence electrons. The Morgan fingerprint density at radius 1 is 0.260 bits per heavy atom. The van der Waals surface area contributed by atoms with Gasteiger partial charge in [-0.25, -0.2) is 0 Å². The summed E-state index contributed by atoms with van der Waals surface area (Å²) in [4.78, 5) is 129. The number of unbranched alkanes of at least 4 members (excludes halogenated alkanes) is 2. The normalized spacial score (nSPS) is 16.3. The van der Waals surface area contributed by atoms with Crippen LogP contribution in [0.15, 0.2) is 0 Å². The van der Waals surface area contributed by atoms with Gasteiger partial charge >= 0.3 is 0 Å². The predicted octanol–water partition coefficient (Wildman–Crippen LogP) is 13.8. The van der Waals surface area contributed by atoms with E-state index in [0.717, 1.165) is 234 Å². The highest BCUT2D eigenvalue weighted by Crippen LogP contribution is 2.16. The molecule has 0 bridgehead atoms. The second kappa shape index (κ2) is 77.1. The fraction of sp³-hybridized carbons (Fsp3) is 0.911. The molecule has 5 heterocycles. The minimum Gasteiger partial charge on any atom is -0.381 e. The monoisotopic (exact) mass is 1800 g/mol. The molecular weight excluding hydrogens is 1610 g/mol. The van der Waals surface area contributed by atoms with E-state index in [1.54, 1.807) is 0 Å². The minimum atomic E-state index is -0.0296. The van der Waals surface area contributed by atoms with Crippen LogP contribution in [-0.2, 0) is 66.8 Å². The van der Waals surface area contributed by atoms with Crippen molar-refractivity contribution in [3.63, 3.8) is 0 Å². The van der Waals surface area contributed by atoms with Crippen molar-refractivity contribution in [3.05, 3.63) is 0 Å². The lowest BCUT2D eigenvalue weighted by molar-refractivity contribution is -0.138. The van der Waals surface area contributed by atoms with Crippen LogP contribution in [-0.4, -0.2) is 357 Å². The van der Waals surface area contributed by atoms with Gasteiger partial charge in [0.15, 0.2) is 0 Å². The molecule has 0 aromatic rings. The maximum Gasteiger partial charge on any atom is 0.234 e. The first-order chi connectivity index (χ1) is 60.1. The molecule has 0 spiro atoms. The zero-order valence-electron chi connectivity index (χ0n) is 86.2. The molecule has 5 saturated heterocycles. The second-order valence-corrected chi connectivity index (χ2v) is 41.3. The van der Waals surface area contributed by atoms with Crippen molar-refractivity contribution in [3.8, 4) is 0 Å². The number of ketones is 5. The van der Waals surface area contributed by atoms with Crippen molar-refractivity contribution in [1.29, 1.82) is 0 Å². The zero-order valence-corrected chi connectivity index (χ0v) is 86.2. The molecule has 0 unspecified atom stereocenters. The molecule has 5 aliphatic rings. The molecule has 0 radical (unpaired) electrons. The highest BCUT2D eigenvalue weighted by molar-refractivity contribution is 5.98. The van der Waals surface area contributed by atoms with Gasteiger partial charge in [-0.3, -0.25) is 67.7 Å². The van der Waals surface area contributed by atoms with E-state index in [1.165, 1.54) is 19.6 Å². The van der Waals surface area contributed by atoms with Gasteiger partial charge in [-0.15, -0.1) is 0 Å². The number of hydrogen-bond donors (Lipinski definition) is 2. The Labute approximate surface area is 777 Å². The van der Waals surface area contributed by atoms with E-state index < -0.39 is 0 Å². The van der Waals surface area contributed by atoms with E-state index in [4.69, 9.17) is 23.7 Å². The van der Waals surface area contributed by atoms with Crippen LogP contribution in [0.5, 0.6) is 0 Å². The van der Waals surface area contributed by atoms with Gasteiger partial charge in [-0.1, -0.05) is 159 Å². The van der Waals surface area contributed by atoms with Crippen molar-refractivity contribution < 1.29 is 66.8 Å². The van der Waals surface area contributed by atoms with E-state index in [0.29, 0.717) is 181 Å². The van der Waals surface area contributed by atoms with Crippen molar-refractivity contribution in [1.82, 2.24) is 59.6 Å². The molecule has 0 aliphatic carbocycles. The SMILES string of the molecule is CC(C)CC(=O)CC(=O)N1CCN(CC(C)C)CC1.CC(C)CCC(=O)CC(C)C.CC(C)CCOCCCC(=O)CCCCCNC(=O)CN1CCN(CC(C)C)CC1.CC(C)CCOCCCC(=O)CCOCCNC(=O)CN1CCN(CC(C)C)CC1.CC(C)CN1CCN(COC(C)C)CC1.CC(C)COCCC(=O)CC(=O)N1CCN(CC(C)C)CC1. The molecule has 0 aromatic carbocycles. The predicted molar refractivity (Wildman–Crippen MR) is 522 cm³/mol. The van der Waals surface area contributed by atoms with E-state index in [9.17, 15) is 43.2 Å². The molecule has 2 N–H and O–H groups in total. The van der Waals surface area contributed by atoms with Gasteiger partial charge in [0.2, 0.25) is 23.6 Å². The highest BCUT2D eigenvalue weighted by Gasteiger charge is 2.27. The number of carbonyl (C=O) groups is 9. The van der Waals surface area contributed by atoms with Crippen LogP contribution in [0.4, 0.5) is 0 Å². The molecular formula is C101H198N12O14. The lowest BCUT2D eigenvalue weighted by atomic mass is 10.00. The second-order valence-electron chi connectivity index (χ2n) is 41.3. The van der Waals surface area contributed by atoms with Gasteiger partial charge < -0.3 is 58.8 Å². The van der Waals surface area contributed by atoms with Crippen molar-refractivity contribution >= 4 is 52.5 Å². The summed E-state index contributed by atoms with van der Waals surface area (Å²) in [5.41, 5.74) is 0. The van der Waals surface area contributed by atoms with Gasteiger partial charge in [0.25, 0.3) is 0 Å². The van der Waals surface area contributed by atoms with Gasteiger partial charge in [0.1, 0.15) is 28.9 Å². The maximum atomic E-state index is 12.1. The smallest absolute Gasteiger partial charge is 0.234 e. The minimum absolute atomic E-state index is 0.00912. The van der Waals surface area contributed by atoms with Crippen LogP contribution in [0.1, 0.15) is 282 Å². The van der Waals surface area contributed by atoms with Crippen LogP contribution in [0.3, 0.4) is 0 Å². The average molecular weight is 1800 g/mol. The summed E-state index contributed by atoms with van der Waals surface area (Å²) < 4.78 is 27.5. The quantitative estimate of drug-likeness (QED) is 0.0424. The molecule has 0 atom stereocenters. The average Bonchev–Trinajstić information content (AvgIpc) is 0.980. The number of piperazine rings is 5. The number of amides is 4. The topological polar surface area (TPSA) is 256 Å². The summed E-state index contributed by atoms with van der Waals surface area (Å²) in [6.07, 6.45) is 12.8. The van der Waals surface area contributed by atoms with E-state index in [-0.39, 0.29) is 53.8 Å². The van der Waals surface area contributed by atoms with Crippen LogP contribution >= 0.6 is 0 Å². The zero-order chi connectivity index (χ0) is 95.4. The number of rotatable bonds is 59. The number of nitrogens with zero attached hydrogens (tertiary/aromatic N) is 10. The van der Waals surface area contributed by atoms with Crippen LogP contribution < -0.4 is 10.6 Å². The summed E-state index contributed by atoms with van der Waals surface area (Å²) in [6.45, 7) is 84.9. The van der Waals surface area contributed by atoms with Crippen LogP contribution in [0.25, 0.3) is 0 Å². The Morgan fingerprint density at radius 2 is 0.591 bits per heavy atom. The maximum absolute atomic E-state index is 12.1. The third kappa shape index (κ3) is 76.8. The Bertz CT molecular complexity index is 2690. The van der Waals surface area contributed by atoms with Crippen molar-refractivity contribution in [2.75, 3.05) is 249 Å². The molecule has 127 heavy (non-hydrogen) atoms. The van der Waals surface area contributed by atoms with Crippen LogP contribution in [0.2, 0.25) is 0 Å². The molecule has 5 aliphatic heterocycles. The molecule has 5 fully saturated rings. The lowest BCUT2D eigenvalue weighted by Gasteiger charge is -2.35. The molecule has 0 aromatic heterocycles. The van der Waals surface area contributed by atoms with Gasteiger partial charge in [-0.05, 0) is 124 Å². The largest absolute Gasteiger partial charge is 0.381 e. The first-order valence-electron chi connectivity index (χ1n) is 50.5. The first kappa shape index (κ1) is 123. The summed E-state index contributed by atoms with van der Waals surface area (Å²) >= 11 is 0. The van der Waals surface area contributed by atoms with E-state index >= 15 is 0 Å². The summed E-state index contributed by atoms with van der Waals surface area (Å²) in [5, 5.41) is 5.93. The Balaban J connectivity index is 0.00000154. The number of nitrogens with one attached hydrogen (secondary N) is 2. The molecule has 26 nitrogen and oxygen atoms in total. The van der Waals surface area contributed by atoms with Crippen molar-refractivity contribution in [2.24, 2.45) is 65.1 Å². The Morgan fingerprint density at radius 3 is 0.969 bits per heavy atom. The number of Topliss-reactive ketones (excluding diaryl/α,β-unsaturated/α-hetero) is 5.